The second kappa shape index (κ2) is 5.16. The maximum Gasteiger partial charge on any atom is 0.326 e. The molecule has 1 heterocycles. The van der Waals surface area contributed by atoms with E-state index in [1.54, 1.807) is 6.92 Å². The molecule has 0 aliphatic carbocycles. The first kappa shape index (κ1) is 14.1. The van der Waals surface area contributed by atoms with Crippen LogP contribution in [0.5, 0.6) is 0 Å². The van der Waals surface area contributed by atoms with Crippen molar-refractivity contribution in [1.29, 1.82) is 0 Å². The van der Waals surface area contributed by atoms with Crippen molar-refractivity contribution in [2.75, 3.05) is 0 Å². The molecule has 0 aliphatic heterocycles. The Kier molecular flexibility index (Phi) is 4.05. The number of aliphatic carboxylic acids is 1. The summed E-state index contributed by atoms with van der Waals surface area (Å²) in [5.74, 6) is -1.12. The molecular formula is C11H18N4O3. The Hall–Kier alpha value is -1.92. The van der Waals surface area contributed by atoms with Crippen LogP contribution in [0, 0.1) is 0 Å². The van der Waals surface area contributed by atoms with Gasteiger partial charge in [-0.15, -0.1) is 5.10 Å². The summed E-state index contributed by atoms with van der Waals surface area (Å²) >= 11 is 0. The van der Waals surface area contributed by atoms with Crippen LogP contribution >= 0.6 is 0 Å². The first-order valence-electron chi connectivity index (χ1n) is 5.72. The molecule has 0 aromatic carbocycles. The van der Waals surface area contributed by atoms with Crippen molar-refractivity contribution >= 4 is 11.9 Å². The number of aromatic amines is 1. The molecule has 1 amide bonds. The number of hydrogen-bond acceptors (Lipinski definition) is 4. The van der Waals surface area contributed by atoms with Gasteiger partial charge in [0.05, 0.1) is 0 Å². The van der Waals surface area contributed by atoms with Gasteiger partial charge in [0.2, 0.25) is 5.82 Å². The SMILES string of the molecule is CC[C@H](NC(=O)c1n[nH]c(C(C)(C)C)n1)C(=O)O. The summed E-state index contributed by atoms with van der Waals surface area (Å²) in [5, 5.41) is 17.7. The molecule has 7 nitrogen and oxygen atoms in total. The summed E-state index contributed by atoms with van der Waals surface area (Å²) < 4.78 is 0. The van der Waals surface area contributed by atoms with Gasteiger partial charge >= 0.3 is 5.97 Å². The van der Waals surface area contributed by atoms with Crippen LogP contribution in [0.2, 0.25) is 0 Å². The minimum absolute atomic E-state index is 0.0420. The summed E-state index contributed by atoms with van der Waals surface area (Å²) in [6.45, 7) is 7.47. The minimum Gasteiger partial charge on any atom is -0.480 e. The number of aromatic nitrogens is 3. The Bertz CT molecular complexity index is 447. The molecule has 18 heavy (non-hydrogen) atoms. The summed E-state index contributed by atoms with van der Waals surface area (Å²) in [4.78, 5) is 26.6. The average molecular weight is 254 g/mol. The first-order chi connectivity index (χ1) is 8.25. The molecule has 0 saturated carbocycles. The number of carbonyl (C=O) groups excluding carboxylic acids is 1. The van der Waals surface area contributed by atoms with Crippen molar-refractivity contribution < 1.29 is 14.7 Å². The fourth-order valence-electron chi connectivity index (χ4n) is 1.26. The molecule has 1 rings (SSSR count). The zero-order valence-electron chi connectivity index (χ0n) is 10.9. The molecule has 100 valence electrons. The van der Waals surface area contributed by atoms with E-state index in [2.05, 4.69) is 20.5 Å². The molecule has 0 unspecified atom stereocenters. The number of rotatable bonds is 4. The van der Waals surface area contributed by atoms with Crippen molar-refractivity contribution in [3.63, 3.8) is 0 Å². The van der Waals surface area contributed by atoms with Crippen molar-refractivity contribution in [2.24, 2.45) is 0 Å². The number of carboxylic acid groups (broad SMARTS) is 1. The second-order valence-corrected chi connectivity index (χ2v) is 5.03. The van der Waals surface area contributed by atoms with Gasteiger partial charge in [-0.25, -0.2) is 9.78 Å². The average Bonchev–Trinajstić information content (AvgIpc) is 2.73. The normalized spacial score (nSPS) is 13.1. The van der Waals surface area contributed by atoms with Gasteiger partial charge in [0.15, 0.2) is 0 Å². The number of hydrogen-bond donors (Lipinski definition) is 3. The lowest BCUT2D eigenvalue weighted by Gasteiger charge is -2.13. The highest BCUT2D eigenvalue weighted by Crippen LogP contribution is 2.17. The molecule has 0 radical (unpaired) electrons. The van der Waals surface area contributed by atoms with Gasteiger partial charge in [0.1, 0.15) is 11.9 Å². The standard InChI is InChI=1S/C11H18N4O3/c1-5-6(9(17)18)12-8(16)7-13-10(15-14-7)11(2,3)4/h6H,5H2,1-4H3,(H,12,16)(H,17,18)(H,13,14,15)/t6-/m0/s1. The molecule has 0 saturated heterocycles. The third kappa shape index (κ3) is 3.28. The third-order valence-corrected chi connectivity index (χ3v) is 2.41. The van der Waals surface area contributed by atoms with Crippen LogP contribution in [0.4, 0.5) is 0 Å². The largest absolute Gasteiger partial charge is 0.480 e. The van der Waals surface area contributed by atoms with E-state index < -0.39 is 17.9 Å². The van der Waals surface area contributed by atoms with Crippen LogP contribution in [0.1, 0.15) is 50.6 Å². The fourth-order valence-corrected chi connectivity index (χ4v) is 1.26. The van der Waals surface area contributed by atoms with Crippen LogP contribution in [0.3, 0.4) is 0 Å². The smallest absolute Gasteiger partial charge is 0.326 e. The van der Waals surface area contributed by atoms with E-state index in [-0.39, 0.29) is 11.2 Å². The van der Waals surface area contributed by atoms with Crippen LogP contribution in [0.15, 0.2) is 0 Å². The Morgan fingerprint density at radius 2 is 2.06 bits per heavy atom. The molecular weight excluding hydrogens is 236 g/mol. The lowest BCUT2D eigenvalue weighted by molar-refractivity contribution is -0.139. The third-order valence-electron chi connectivity index (χ3n) is 2.41. The lowest BCUT2D eigenvalue weighted by atomic mass is 9.96. The van der Waals surface area contributed by atoms with Gasteiger partial charge in [-0.3, -0.25) is 9.89 Å². The summed E-state index contributed by atoms with van der Waals surface area (Å²) in [5.41, 5.74) is -0.248. The zero-order chi connectivity index (χ0) is 13.9. The zero-order valence-corrected chi connectivity index (χ0v) is 10.9. The van der Waals surface area contributed by atoms with E-state index in [1.807, 2.05) is 20.8 Å². The molecule has 0 aliphatic rings. The highest BCUT2D eigenvalue weighted by molar-refractivity contribution is 5.93. The van der Waals surface area contributed by atoms with E-state index in [0.717, 1.165) is 0 Å². The van der Waals surface area contributed by atoms with Crippen molar-refractivity contribution in [3.05, 3.63) is 11.6 Å². The Morgan fingerprint density at radius 1 is 1.44 bits per heavy atom. The van der Waals surface area contributed by atoms with Crippen molar-refractivity contribution in [2.45, 2.75) is 45.6 Å². The predicted molar refractivity (Wildman–Crippen MR) is 64.3 cm³/mol. The number of carbonyl (C=O) groups is 2. The number of amides is 1. The van der Waals surface area contributed by atoms with Gasteiger partial charge < -0.3 is 10.4 Å². The number of nitrogens with one attached hydrogen (secondary N) is 2. The number of H-pyrrole nitrogens is 1. The summed E-state index contributed by atoms with van der Waals surface area (Å²) in [6.07, 6.45) is 0.303. The molecule has 1 atom stereocenters. The minimum atomic E-state index is -1.07. The molecule has 0 spiro atoms. The molecule has 7 heteroatoms. The topological polar surface area (TPSA) is 108 Å². The first-order valence-corrected chi connectivity index (χ1v) is 5.72. The highest BCUT2D eigenvalue weighted by atomic mass is 16.4. The van der Waals surface area contributed by atoms with Crippen molar-refractivity contribution in [3.8, 4) is 0 Å². The molecule has 1 aromatic rings. The van der Waals surface area contributed by atoms with Crippen LogP contribution in [-0.4, -0.2) is 38.2 Å². The second-order valence-electron chi connectivity index (χ2n) is 5.03. The Balaban J connectivity index is 2.79. The number of carboxylic acids is 1. The maximum atomic E-state index is 11.7. The van der Waals surface area contributed by atoms with Gasteiger partial charge in [-0.1, -0.05) is 27.7 Å². The van der Waals surface area contributed by atoms with Crippen LogP contribution in [0.25, 0.3) is 0 Å². The van der Waals surface area contributed by atoms with Crippen LogP contribution in [-0.2, 0) is 10.2 Å². The van der Waals surface area contributed by atoms with Gasteiger partial charge in [0, 0.05) is 5.41 Å². The molecule has 0 bridgehead atoms. The van der Waals surface area contributed by atoms with Crippen LogP contribution < -0.4 is 5.32 Å². The maximum absolute atomic E-state index is 11.7. The quantitative estimate of drug-likeness (QED) is 0.732. The lowest BCUT2D eigenvalue weighted by Crippen LogP contribution is -2.40. The van der Waals surface area contributed by atoms with Gasteiger partial charge in [-0.05, 0) is 6.42 Å². The summed E-state index contributed by atoms with van der Waals surface area (Å²) in [6, 6.07) is -0.922. The van der Waals surface area contributed by atoms with E-state index >= 15 is 0 Å². The fraction of sp³-hybridized carbons (Fsp3) is 0.636. The van der Waals surface area contributed by atoms with E-state index in [9.17, 15) is 9.59 Å². The monoisotopic (exact) mass is 254 g/mol. The predicted octanol–water partition coefficient (Wildman–Crippen LogP) is 0.695. The Labute approximate surface area is 105 Å². The van der Waals surface area contributed by atoms with E-state index in [0.29, 0.717) is 12.2 Å². The molecule has 1 aromatic heterocycles. The molecule has 3 N–H and O–H groups in total. The van der Waals surface area contributed by atoms with E-state index in [4.69, 9.17) is 5.11 Å². The van der Waals surface area contributed by atoms with E-state index in [1.165, 1.54) is 0 Å². The number of nitrogens with zero attached hydrogens (tertiary/aromatic N) is 2. The van der Waals surface area contributed by atoms with Gasteiger partial charge in [-0.2, -0.15) is 0 Å². The van der Waals surface area contributed by atoms with Crippen molar-refractivity contribution in [1.82, 2.24) is 20.5 Å². The summed E-state index contributed by atoms with van der Waals surface area (Å²) in [7, 11) is 0. The highest BCUT2D eigenvalue weighted by Gasteiger charge is 2.24. The van der Waals surface area contributed by atoms with Gasteiger partial charge in [0.25, 0.3) is 5.91 Å². The molecule has 0 fully saturated rings. The Morgan fingerprint density at radius 3 is 2.44 bits per heavy atom.